The number of aromatic amines is 1. The topological polar surface area (TPSA) is 82.7 Å². The molecule has 2 aromatic heterocycles. The SMILES string of the molecule is O=C(N1CCc2cc(-c3cnc4[nH]cc(F)c4c3)cc([C@@H]3COCCN3)c2C1)N1CC2CCC(C1)O2. The number of halogens is 1. The van der Waals surface area contributed by atoms with Crippen molar-refractivity contribution in [2.24, 2.45) is 0 Å². The number of hydrogen-bond donors (Lipinski definition) is 2. The summed E-state index contributed by atoms with van der Waals surface area (Å²) in [5, 5.41) is 4.08. The Morgan fingerprint density at radius 3 is 2.78 bits per heavy atom. The number of urea groups is 1. The summed E-state index contributed by atoms with van der Waals surface area (Å²) in [4.78, 5) is 24.8. The van der Waals surface area contributed by atoms with Crippen molar-refractivity contribution in [3.05, 3.63) is 53.1 Å². The highest BCUT2D eigenvalue weighted by Crippen LogP contribution is 2.35. The minimum atomic E-state index is -0.300. The Hall–Kier alpha value is -3.01. The summed E-state index contributed by atoms with van der Waals surface area (Å²) in [5.41, 5.74) is 6.01. The fourth-order valence-electron chi connectivity index (χ4n) is 6.20. The van der Waals surface area contributed by atoms with Gasteiger partial charge in [0, 0.05) is 50.7 Å². The molecule has 0 saturated carbocycles. The number of H-pyrrole nitrogens is 1. The number of aromatic nitrogens is 2. The lowest BCUT2D eigenvalue weighted by atomic mass is 9.87. The molecule has 36 heavy (non-hydrogen) atoms. The Morgan fingerprint density at radius 1 is 1.11 bits per heavy atom. The van der Waals surface area contributed by atoms with E-state index in [1.807, 2.05) is 15.9 Å². The molecule has 0 radical (unpaired) electrons. The molecule has 188 valence electrons. The van der Waals surface area contributed by atoms with E-state index in [-0.39, 0.29) is 30.1 Å². The number of hydrogen-bond acceptors (Lipinski definition) is 5. The summed E-state index contributed by atoms with van der Waals surface area (Å²) < 4.78 is 26.0. The van der Waals surface area contributed by atoms with Crippen molar-refractivity contribution in [3.63, 3.8) is 0 Å². The number of amides is 2. The maximum atomic E-state index is 14.3. The van der Waals surface area contributed by atoms with Crippen LogP contribution in [-0.2, 0) is 22.4 Å². The maximum absolute atomic E-state index is 14.3. The summed E-state index contributed by atoms with van der Waals surface area (Å²) in [6.07, 6.45) is 6.37. The van der Waals surface area contributed by atoms with Crippen molar-refractivity contribution in [2.75, 3.05) is 39.4 Å². The van der Waals surface area contributed by atoms with E-state index in [2.05, 4.69) is 27.4 Å². The van der Waals surface area contributed by atoms with Crippen molar-refractivity contribution in [1.29, 1.82) is 0 Å². The van der Waals surface area contributed by atoms with Crippen LogP contribution >= 0.6 is 0 Å². The highest BCUT2D eigenvalue weighted by Gasteiger charge is 2.38. The van der Waals surface area contributed by atoms with Crippen LogP contribution in [0.25, 0.3) is 22.2 Å². The molecule has 1 aromatic carbocycles. The average molecular weight is 492 g/mol. The number of carbonyl (C=O) groups excluding carboxylic acids is 1. The quantitative estimate of drug-likeness (QED) is 0.575. The number of pyridine rings is 1. The van der Waals surface area contributed by atoms with Gasteiger partial charge in [0.05, 0.1) is 36.8 Å². The summed E-state index contributed by atoms with van der Waals surface area (Å²) in [5.74, 6) is -0.300. The van der Waals surface area contributed by atoms with Crippen molar-refractivity contribution in [2.45, 2.75) is 44.1 Å². The monoisotopic (exact) mass is 491 g/mol. The maximum Gasteiger partial charge on any atom is 0.320 e. The van der Waals surface area contributed by atoms with Crippen molar-refractivity contribution < 1.29 is 18.7 Å². The van der Waals surface area contributed by atoms with Crippen molar-refractivity contribution in [3.8, 4) is 11.1 Å². The predicted octanol–water partition coefficient (Wildman–Crippen LogP) is 3.37. The molecule has 9 heteroatoms. The number of rotatable bonds is 2. The van der Waals surface area contributed by atoms with Crippen LogP contribution < -0.4 is 5.32 Å². The van der Waals surface area contributed by atoms with Gasteiger partial charge in [0.25, 0.3) is 0 Å². The van der Waals surface area contributed by atoms with Crippen LogP contribution in [0.4, 0.5) is 9.18 Å². The fourth-order valence-corrected chi connectivity index (χ4v) is 6.20. The largest absolute Gasteiger partial charge is 0.378 e. The molecule has 2 amide bonds. The molecular formula is C27H30FN5O3. The first-order valence-corrected chi connectivity index (χ1v) is 12.9. The molecule has 2 unspecified atom stereocenters. The van der Waals surface area contributed by atoms with Crippen molar-refractivity contribution in [1.82, 2.24) is 25.1 Å². The zero-order valence-corrected chi connectivity index (χ0v) is 20.1. The minimum Gasteiger partial charge on any atom is -0.378 e. The zero-order chi connectivity index (χ0) is 24.2. The number of likely N-dealkylation sites (tertiary alicyclic amines) is 1. The molecule has 3 atom stereocenters. The van der Waals surface area contributed by atoms with Gasteiger partial charge in [-0.25, -0.2) is 14.2 Å². The predicted molar refractivity (Wildman–Crippen MR) is 132 cm³/mol. The Morgan fingerprint density at radius 2 is 1.97 bits per heavy atom. The van der Waals surface area contributed by atoms with E-state index in [4.69, 9.17) is 9.47 Å². The van der Waals surface area contributed by atoms with Gasteiger partial charge in [0.15, 0.2) is 0 Å². The smallest absolute Gasteiger partial charge is 0.320 e. The van der Waals surface area contributed by atoms with E-state index in [1.165, 1.54) is 17.3 Å². The summed E-state index contributed by atoms with van der Waals surface area (Å²) >= 11 is 0. The molecule has 8 nitrogen and oxygen atoms in total. The zero-order valence-electron chi connectivity index (χ0n) is 20.1. The van der Waals surface area contributed by atoms with Crippen LogP contribution in [0, 0.1) is 5.82 Å². The number of benzene rings is 1. The van der Waals surface area contributed by atoms with E-state index < -0.39 is 0 Å². The van der Waals surface area contributed by atoms with Gasteiger partial charge in [-0.05, 0) is 53.6 Å². The Labute approximate surface area is 208 Å². The van der Waals surface area contributed by atoms with Gasteiger partial charge in [0.2, 0.25) is 0 Å². The number of morpholine rings is 2. The first kappa shape index (κ1) is 22.2. The molecule has 3 aromatic rings. The Balaban J connectivity index is 1.23. The molecule has 0 aliphatic carbocycles. The number of carbonyl (C=O) groups is 1. The normalized spacial score (nSPS) is 25.9. The standard InChI is InChI=1S/C27H30FN5O3/c28-24-11-31-26-22(24)9-18(10-30-26)17-7-16-3-5-32(27(34)33-12-19-1-2-20(13-33)36-19)14-23(16)21(8-17)25-15-35-6-4-29-25/h7-11,19-20,25,29H,1-6,12-15H2,(H,30,31)/t19?,20?,25-/m0/s1. The highest BCUT2D eigenvalue weighted by molar-refractivity contribution is 5.82. The van der Waals surface area contributed by atoms with Crippen LogP contribution in [-0.4, -0.2) is 77.4 Å². The van der Waals surface area contributed by atoms with E-state index in [0.717, 1.165) is 42.5 Å². The van der Waals surface area contributed by atoms with E-state index in [1.54, 1.807) is 6.20 Å². The van der Waals surface area contributed by atoms with Gasteiger partial charge in [-0.3, -0.25) is 0 Å². The molecular weight excluding hydrogens is 461 g/mol. The minimum absolute atomic E-state index is 0.0439. The summed E-state index contributed by atoms with van der Waals surface area (Å²) in [6, 6.07) is 6.37. The second-order valence-corrected chi connectivity index (χ2v) is 10.4. The van der Waals surface area contributed by atoms with E-state index >= 15 is 0 Å². The van der Waals surface area contributed by atoms with Crippen LogP contribution in [0.3, 0.4) is 0 Å². The second kappa shape index (κ2) is 8.83. The van der Waals surface area contributed by atoms with Crippen LogP contribution in [0.15, 0.2) is 30.6 Å². The molecule has 6 heterocycles. The van der Waals surface area contributed by atoms with Crippen LogP contribution in [0.1, 0.15) is 35.6 Å². The Kier molecular flexibility index (Phi) is 5.45. The van der Waals surface area contributed by atoms with Gasteiger partial charge in [-0.1, -0.05) is 6.07 Å². The lowest BCUT2D eigenvalue weighted by Crippen LogP contribution is -2.52. The second-order valence-electron chi connectivity index (χ2n) is 10.4. The van der Waals surface area contributed by atoms with Gasteiger partial charge >= 0.3 is 6.03 Å². The molecule has 2 N–H and O–H groups in total. The highest BCUT2D eigenvalue weighted by atomic mass is 19.1. The van der Waals surface area contributed by atoms with E-state index in [0.29, 0.717) is 50.4 Å². The molecule has 0 spiro atoms. The van der Waals surface area contributed by atoms with Crippen LogP contribution in [0.5, 0.6) is 0 Å². The molecule has 3 saturated heterocycles. The first-order chi connectivity index (χ1) is 17.6. The van der Waals surface area contributed by atoms with Gasteiger partial charge in [-0.15, -0.1) is 0 Å². The van der Waals surface area contributed by atoms with Gasteiger partial charge in [-0.2, -0.15) is 0 Å². The number of nitrogens with zero attached hydrogens (tertiary/aromatic N) is 3. The molecule has 2 bridgehead atoms. The van der Waals surface area contributed by atoms with E-state index in [9.17, 15) is 9.18 Å². The summed E-state index contributed by atoms with van der Waals surface area (Å²) in [7, 11) is 0. The number of nitrogens with one attached hydrogen (secondary N) is 2. The van der Waals surface area contributed by atoms with Gasteiger partial charge < -0.3 is 29.6 Å². The third-order valence-electron chi connectivity index (χ3n) is 8.07. The molecule has 4 aliphatic heterocycles. The lowest BCUT2D eigenvalue weighted by Gasteiger charge is -2.39. The molecule has 4 aliphatic rings. The van der Waals surface area contributed by atoms with Crippen molar-refractivity contribution >= 4 is 17.1 Å². The average Bonchev–Trinajstić information content (AvgIpc) is 3.47. The van der Waals surface area contributed by atoms with Gasteiger partial charge in [0.1, 0.15) is 11.5 Å². The third kappa shape index (κ3) is 3.86. The third-order valence-corrected chi connectivity index (χ3v) is 8.07. The summed E-state index contributed by atoms with van der Waals surface area (Å²) in [6.45, 7) is 4.69. The number of fused-ring (bicyclic) bond motifs is 4. The molecule has 7 rings (SSSR count). The lowest BCUT2D eigenvalue weighted by molar-refractivity contribution is -0.0291. The molecule has 3 fully saturated rings. The first-order valence-electron chi connectivity index (χ1n) is 12.9. The Bertz CT molecular complexity index is 1310. The fraction of sp³-hybridized carbons (Fsp3) is 0.481. The number of ether oxygens (including phenoxy) is 2. The van der Waals surface area contributed by atoms with Crippen LogP contribution in [0.2, 0.25) is 0 Å².